The molecule has 0 spiro atoms. The van der Waals surface area contributed by atoms with Crippen LogP contribution in [0.4, 0.5) is 17.5 Å². The molecule has 0 radical (unpaired) electrons. The summed E-state index contributed by atoms with van der Waals surface area (Å²) in [5.74, 6) is 1.26. The molecule has 1 heterocycles. The number of nitrogens with zero attached hydrogens (tertiary/aromatic N) is 4. The van der Waals surface area contributed by atoms with E-state index in [-0.39, 0.29) is 0 Å². The molecule has 0 unspecified atom stereocenters. The van der Waals surface area contributed by atoms with E-state index < -0.39 is 0 Å². The summed E-state index contributed by atoms with van der Waals surface area (Å²) in [5, 5.41) is 14.7. The molecule has 0 aliphatic carbocycles. The van der Waals surface area contributed by atoms with Crippen LogP contribution in [0.5, 0.6) is 0 Å². The van der Waals surface area contributed by atoms with E-state index >= 15 is 0 Å². The highest BCUT2D eigenvalue weighted by molar-refractivity contribution is 5.64. The van der Waals surface area contributed by atoms with E-state index in [9.17, 15) is 0 Å². The molecule has 124 valence electrons. The largest absolute Gasteiger partial charge is 0.353 e. The molecule has 6 heteroatoms. The molecule has 0 saturated heterocycles. The Hall–Kier alpha value is -2.21. The maximum absolute atomic E-state index is 4.49. The zero-order chi connectivity index (χ0) is 16.7. The average Bonchev–Trinajstić information content (AvgIpc) is 2.54. The highest BCUT2D eigenvalue weighted by Gasteiger charge is 2.07. The van der Waals surface area contributed by atoms with Gasteiger partial charge in [0, 0.05) is 12.2 Å². The fraction of sp³-hybridized carbons (Fsp3) is 0.471. The summed E-state index contributed by atoms with van der Waals surface area (Å²) in [7, 11) is 4.13. The van der Waals surface area contributed by atoms with Gasteiger partial charge in [0.25, 0.3) is 0 Å². The first-order chi connectivity index (χ1) is 11.1. The van der Waals surface area contributed by atoms with Gasteiger partial charge in [-0.3, -0.25) is 0 Å². The van der Waals surface area contributed by atoms with Crippen LogP contribution in [0.25, 0.3) is 0 Å². The normalized spacial score (nSPS) is 10.8. The molecule has 0 aliphatic heterocycles. The smallest absolute Gasteiger partial charge is 0.244 e. The summed E-state index contributed by atoms with van der Waals surface area (Å²) < 4.78 is 0. The van der Waals surface area contributed by atoms with Crippen LogP contribution in [0, 0.1) is 6.92 Å². The third-order valence-electron chi connectivity index (χ3n) is 3.62. The second-order valence-corrected chi connectivity index (χ2v) is 5.84. The molecule has 0 saturated carbocycles. The number of para-hydroxylation sites is 1. The predicted molar refractivity (Wildman–Crippen MR) is 95.3 cm³/mol. The van der Waals surface area contributed by atoms with E-state index in [1.165, 1.54) is 11.1 Å². The van der Waals surface area contributed by atoms with Crippen LogP contribution >= 0.6 is 0 Å². The topological polar surface area (TPSA) is 66.0 Å². The van der Waals surface area contributed by atoms with Crippen molar-refractivity contribution >= 4 is 17.5 Å². The Bertz CT molecular complexity index is 626. The monoisotopic (exact) mass is 314 g/mol. The first kappa shape index (κ1) is 17.1. The predicted octanol–water partition coefficient (Wildman–Crippen LogP) is 2.85. The van der Waals surface area contributed by atoms with Gasteiger partial charge in [0.1, 0.15) is 0 Å². The Balaban J connectivity index is 2.03. The standard InChI is InChI=1S/C17H26N6/c1-5-14-9-6-8-13(2)16(14)20-15-12-19-22-17(21-15)18-10-7-11-23(3)4/h6,8-9,12H,5,7,10-11H2,1-4H3,(H2,18,20,21,22). The number of nitrogens with one attached hydrogen (secondary N) is 2. The second-order valence-electron chi connectivity index (χ2n) is 5.84. The van der Waals surface area contributed by atoms with E-state index in [1.807, 2.05) is 0 Å². The van der Waals surface area contributed by atoms with Gasteiger partial charge in [-0.25, -0.2) is 0 Å². The molecule has 0 bridgehead atoms. The number of benzene rings is 1. The lowest BCUT2D eigenvalue weighted by Crippen LogP contribution is -2.17. The Morgan fingerprint density at radius 1 is 1.22 bits per heavy atom. The maximum Gasteiger partial charge on any atom is 0.244 e. The van der Waals surface area contributed by atoms with Gasteiger partial charge in [0.05, 0.1) is 6.20 Å². The Kier molecular flexibility index (Phi) is 6.29. The summed E-state index contributed by atoms with van der Waals surface area (Å²) in [4.78, 5) is 6.65. The van der Waals surface area contributed by atoms with E-state index in [1.54, 1.807) is 6.20 Å². The Morgan fingerprint density at radius 3 is 2.78 bits per heavy atom. The highest BCUT2D eigenvalue weighted by Crippen LogP contribution is 2.24. The second kappa shape index (κ2) is 8.43. The molecule has 0 aliphatic rings. The molecule has 1 aromatic carbocycles. The number of hydrogen-bond acceptors (Lipinski definition) is 6. The van der Waals surface area contributed by atoms with Crippen LogP contribution in [-0.4, -0.2) is 47.3 Å². The summed E-state index contributed by atoms with van der Waals surface area (Å²) in [6, 6.07) is 6.30. The van der Waals surface area contributed by atoms with Crippen molar-refractivity contribution in [2.24, 2.45) is 0 Å². The van der Waals surface area contributed by atoms with Crippen molar-refractivity contribution in [1.82, 2.24) is 20.1 Å². The van der Waals surface area contributed by atoms with Crippen LogP contribution in [0.3, 0.4) is 0 Å². The van der Waals surface area contributed by atoms with Crippen molar-refractivity contribution < 1.29 is 0 Å². The molecule has 23 heavy (non-hydrogen) atoms. The molecule has 2 rings (SSSR count). The van der Waals surface area contributed by atoms with Crippen molar-refractivity contribution in [3.05, 3.63) is 35.5 Å². The van der Waals surface area contributed by atoms with Crippen molar-refractivity contribution in [3.63, 3.8) is 0 Å². The van der Waals surface area contributed by atoms with Gasteiger partial charge in [-0.05, 0) is 51.5 Å². The van der Waals surface area contributed by atoms with Crippen LogP contribution in [0.15, 0.2) is 24.4 Å². The molecule has 0 amide bonds. The van der Waals surface area contributed by atoms with Gasteiger partial charge in [0.15, 0.2) is 5.82 Å². The van der Waals surface area contributed by atoms with Gasteiger partial charge in [-0.2, -0.15) is 10.1 Å². The van der Waals surface area contributed by atoms with Gasteiger partial charge in [-0.1, -0.05) is 25.1 Å². The number of anilines is 3. The summed E-state index contributed by atoms with van der Waals surface area (Å²) >= 11 is 0. The summed E-state index contributed by atoms with van der Waals surface area (Å²) in [6.45, 7) is 6.10. The highest BCUT2D eigenvalue weighted by atomic mass is 15.3. The molecule has 6 nitrogen and oxygen atoms in total. The van der Waals surface area contributed by atoms with Gasteiger partial charge < -0.3 is 15.5 Å². The number of hydrogen-bond donors (Lipinski definition) is 2. The first-order valence-electron chi connectivity index (χ1n) is 8.04. The molecule has 2 N–H and O–H groups in total. The lowest BCUT2D eigenvalue weighted by Gasteiger charge is -2.14. The van der Waals surface area contributed by atoms with Crippen LogP contribution in [-0.2, 0) is 6.42 Å². The lowest BCUT2D eigenvalue weighted by atomic mass is 10.1. The van der Waals surface area contributed by atoms with Gasteiger partial charge in [0.2, 0.25) is 5.95 Å². The fourth-order valence-electron chi connectivity index (χ4n) is 2.36. The minimum atomic E-state index is 0.556. The molecule has 0 fully saturated rings. The minimum Gasteiger partial charge on any atom is -0.353 e. The van der Waals surface area contributed by atoms with E-state index in [0.29, 0.717) is 11.8 Å². The number of aromatic nitrogens is 3. The van der Waals surface area contributed by atoms with E-state index in [0.717, 1.165) is 31.6 Å². The van der Waals surface area contributed by atoms with Gasteiger partial charge >= 0.3 is 0 Å². The Morgan fingerprint density at radius 2 is 2.04 bits per heavy atom. The summed E-state index contributed by atoms with van der Waals surface area (Å²) in [6.07, 6.45) is 3.65. The van der Waals surface area contributed by atoms with E-state index in [4.69, 9.17) is 0 Å². The lowest BCUT2D eigenvalue weighted by molar-refractivity contribution is 0.405. The molecular weight excluding hydrogens is 288 g/mol. The van der Waals surface area contributed by atoms with Crippen molar-refractivity contribution in [1.29, 1.82) is 0 Å². The van der Waals surface area contributed by atoms with E-state index in [2.05, 4.69) is 76.9 Å². The molecule has 2 aromatic rings. The molecule has 0 atom stereocenters. The minimum absolute atomic E-state index is 0.556. The Labute approximate surface area is 138 Å². The average molecular weight is 314 g/mol. The van der Waals surface area contributed by atoms with Crippen molar-refractivity contribution in [2.75, 3.05) is 37.8 Å². The third-order valence-corrected chi connectivity index (χ3v) is 3.62. The van der Waals surface area contributed by atoms with Gasteiger partial charge in [-0.15, -0.1) is 5.10 Å². The maximum atomic E-state index is 4.49. The van der Waals surface area contributed by atoms with Crippen LogP contribution in [0.1, 0.15) is 24.5 Å². The third kappa shape index (κ3) is 5.17. The van der Waals surface area contributed by atoms with Crippen LogP contribution in [0.2, 0.25) is 0 Å². The SMILES string of the molecule is CCc1cccc(C)c1Nc1cnnc(NCCCN(C)C)n1. The molecular formula is C17H26N6. The zero-order valence-corrected chi connectivity index (χ0v) is 14.4. The zero-order valence-electron chi connectivity index (χ0n) is 14.4. The van der Waals surface area contributed by atoms with Crippen LogP contribution < -0.4 is 10.6 Å². The summed E-state index contributed by atoms with van der Waals surface area (Å²) in [5.41, 5.74) is 3.57. The quantitative estimate of drug-likeness (QED) is 0.730. The number of rotatable bonds is 8. The van der Waals surface area contributed by atoms with Crippen molar-refractivity contribution in [2.45, 2.75) is 26.7 Å². The van der Waals surface area contributed by atoms with Crippen molar-refractivity contribution in [3.8, 4) is 0 Å². The first-order valence-corrected chi connectivity index (χ1v) is 8.04. The number of aryl methyl sites for hydroxylation is 2. The molecule has 1 aromatic heterocycles. The fourth-order valence-corrected chi connectivity index (χ4v) is 2.36.